The van der Waals surface area contributed by atoms with Crippen molar-refractivity contribution in [1.29, 1.82) is 0 Å². The van der Waals surface area contributed by atoms with E-state index in [1.165, 1.54) is 0 Å². The van der Waals surface area contributed by atoms with Gasteiger partial charge in [-0.15, -0.1) is 11.8 Å². The third-order valence-electron chi connectivity index (χ3n) is 3.06. The lowest BCUT2D eigenvalue weighted by Crippen LogP contribution is -2.23. The Morgan fingerprint density at radius 3 is 2.62 bits per heavy atom. The van der Waals surface area contributed by atoms with E-state index in [-0.39, 0.29) is 12.0 Å². The van der Waals surface area contributed by atoms with Crippen molar-refractivity contribution in [3.8, 4) is 5.88 Å². The van der Waals surface area contributed by atoms with Crippen molar-refractivity contribution in [2.24, 2.45) is 0 Å². The number of carbonyl (C=O) groups excluding carboxylic acids is 1. The summed E-state index contributed by atoms with van der Waals surface area (Å²) in [7, 11) is 0. The fourth-order valence-corrected chi connectivity index (χ4v) is 3.02. The summed E-state index contributed by atoms with van der Waals surface area (Å²) in [4.78, 5) is 17.3. The first-order chi connectivity index (χ1) is 11.5. The van der Waals surface area contributed by atoms with Crippen molar-refractivity contribution in [3.63, 3.8) is 0 Å². The summed E-state index contributed by atoms with van der Waals surface area (Å²) in [5, 5.41) is 2.91. The molecule has 2 aromatic rings. The van der Waals surface area contributed by atoms with Gasteiger partial charge in [-0.05, 0) is 43.7 Å². The second-order valence-electron chi connectivity index (χ2n) is 5.50. The van der Waals surface area contributed by atoms with Crippen LogP contribution in [0.5, 0.6) is 5.88 Å². The van der Waals surface area contributed by atoms with Crippen LogP contribution in [-0.2, 0) is 11.3 Å². The number of hydrogen-bond donors (Lipinski definition) is 1. The second kappa shape index (κ2) is 9.69. The minimum atomic E-state index is 0.0436. The normalized spacial score (nSPS) is 10.7. The maximum Gasteiger partial charge on any atom is 0.221 e. The summed E-state index contributed by atoms with van der Waals surface area (Å²) in [5.74, 6) is 1.40. The summed E-state index contributed by atoms with van der Waals surface area (Å²) in [6.07, 6.45) is 2.32. The summed E-state index contributed by atoms with van der Waals surface area (Å²) < 4.78 is 6.55. The van der Waals surface area contributed by atoms with Gasteiger partial charge in [-0.3, -0.25) is 4.79 Å². The third kappa shape index (κ3) is 6.93. The molecule has 0 saturated heterocycles. The van der Waals surface area contributed by atoms with Crippen molar-refractivity contribution in [1.82, 2.24) is 10.3 Å². The highest BCUT2D eigenvalue weighted by molar-refractivity contribution is 9.10. The van der Waals surface area contributed by atoms with Crippen LogP contribution in [0.3, 0.4) is 0 Å². The zero-order valence-corrected chi connectivity index (χ0v) is 16.2. The molecule has 0 atom stereocenters. The lowest BCUT2D eigenvalue weighted by atomic mass is 10.3. The molecule has 0 bridgehead atoms. The third-order valence-corrected chi connectivity index (χ3v) is 4.60. The molecule has 2 rings (SSSR count). The van der Waals surface area contributed by atoms with E-state index in [0.717, 1.165) is 20.7 Å². The van der Waals surface area contributed by atoms with Gasteiger partial charge in [0.25, 0.3) is 0 Å². The quantitative estimate of drug-likeness (QED) is 0.656. The first kappa shape index (κ1) is 18.8. The number of ether oxygens (including phenoxy) is 1. The molecule has 0 aliphatic rings. The van der Waals surface area contributed by atoms with Crippen molar-refractivity contribution in [2.75, 3.05) is 5.75 Å². The van der Waals surface area contributed by atoms with Crippen molar-refractivity contribution in [3.05, 3.63) is 52.6 Å². The van der Waals surface area contributed by atoms with Crippen LogP contribution in [0.25, 0.3) is 0 Å². The van der Waals surface area contributed by atoms with Gasteiger partial charge in [0.15, 0.2) is 0 Å². The average Bonchev–Trinajstić information content (AvgIpc) is 2.55. The van der Waals surface area contributed by atoms with Crippen LogP contribution in [0.2, 0.25) is 0 Å². The highest BCUT2D eigenvalue weighted by Crippen LogP contribution is 2.21. The van der Waals surface area contributed by atoms with E-state index in [1.54, 1.807) is 18.0 Å². The van der Waals surface area contributed by atoms with Crippen molar-refractivity contribution in [2.45, 2.75) is 37.8 Å². The molecule has 0 aliphatic carbocycles. The van der Waals surface area contributed by atoms with Gasteiger partial charge in [0.2, 0.25) is 11.8 Å². The second-order valence-corrected chi connectivity index (χ2v) is 7.58. The number of amides is 1. The zero-order valence-electron chi connectivity index (χ0n) is 13.8. The zero-order chi connectivity index (χ0) is 17.4. The number of pyridine rings is 1. The molecule has 1 aromatic heterocycles. The molecule has 1 N–H and O–H groups in total. The molecule has 1 aromatic carbocycles. The van der Waals surface area contributed by atoms with Gasteiger partial charge in [-0.1, -0.05) is 22.0 Å². The van der Waals surface area contributed by atoms with Crippen molar-refractivity contribution >= 4 is 33.6 Å². The molecule has 0 saturated carbocycles. The Labute approximate surface area is 155 Å². The molecule has 4 nitrogen and oxygen atoms in total. The summed E-state index contributed by atoms with van der Waals surface area (Å²) in [5.41, 5.74) is 0.958. The van der Waals surface area contributed by atoms with Gasteiger partial charge in [-0.2, -0.15) is 0 Å². The Morgan fingerprint density at radius 1 is 1.25 bits per heavy atom. The van der Waals surface area contributed by atoms with Crippen LogP contribution in [0.1, 0.15) is 25.8 Å². The smallest absolute Gasteiger partial charge is 0.221 e. The van der Waals surface area contributed by atoms with E-state index in [2.05, 4.69) is 26.2 Å². The standard InChI is InChI=1S/C18H21BrN2O2S/c1-13(2)23-18-8-3-14(12-21-18)11-20-17(22)9-10-24-16-6-4-15(19)5-7-16/h3-8,12-13H,9-11H2,1-2H3,(H,20,22). The van der Waals surface area contributed by atoms with Gasteiger partial charge in [0.05, 0.1) is 6.10 Å². The van der Waals surface area contributed by atoms with E-state index >= 15 is 0 Å². The minimum Gasteiger partial charge on any atom is -0.475 e. The monoisotopic (exact) mass is 408 g/mol. The predicted molar refractivity (Wildman–Crippen MR) is 101 cm³/mol. The Morgan fingerprint density at radius 2 is 2.00 bits per heavy atom. The molecule has 0 unspecified atom stereocenters. The maximum atomic E-state index is 11.9. The fraction of sp³-hybridized carbons (Fsp3) is 0.333. The molecule has 0 spiro atoms. The maximum absolute atomic E-state index is 11.9. The van der Waals surface area contributed by atoms with Crippen LogP contribution in [-0.4, -0.2) is 22.7 Å². The topological polar surface area (TPSA) is 51.2 Å². The SMILES string of the molecule is CC(C)Oc1ccc(CNC(=O)CCSc2ccc(Br)cc2)cn1. The van der Waals surface area contributed by atoms with Gasteiger partial charge >= 0.3 is 0 Å². The summed E-state index contributed by atoms with van der Waals surface area (Å²) >= 11 is 5.09. The van der Waals surface area contributed by atoms with Crippen LogP contribution in [0, 0.1) is 0 Å². The highest BCUT2D eigenvalue weighted by Gasteiger charge is 2.04. The molecule has 128 valence electrons. The van der Waals surface area contributed by atoms with Gasteiger partial charge in [-0.25, -0.2) is 4.98 Å². The Hall–Kier alpha value is -1.53. The Kier molecular flexibility index (Phi) is 7.59. The molecular weight excluding hydrogens is 388 g/mol. The van der Waals surface area contributed by atoms with Gasteiger partial charge in [0.1, 0.15) is 0 Å². The van der Waals surface area contributed by atoms with E-state index in [0.29, 0.717) is 18.8 Å². The lowest BCUT2D eigenvalue weighted by molar-refractivity contribution is -0.120. The number of nitrogens with zero attached hydrogens (tertiary/aromatic N) is 1. The molecule has 0 fully saturated rings. The van der Waals surface area contributed by atoms with Crippen LogP contribution < -0.4 is 10.1 Å². The molecular formula is C18H21BrN2O2S. The number of aromatic nitrogens is 1. The van der Waals surface area contributed by atoms with Crippen LogP contribution in [0.4, 0.5) is 0 Å². The molecule has 0 radical (unpaired) electrons. The summed E-state index contributed by atoms with van der Waals surface area (Å²) in [6, 6.07) is 11.8. The van der Waals surface area contributed by atoms with Crippen LogP contribution >= 0.6 is 27.7 Å². The number of benzene rings is 1. The molecule has 6 heteroatoms. The van der Waals surface area contributed by atoms with E-state index in [1.807, 2.05) is 50.2 Å². The molecule has 0 aliphatic heterocycles. The molecule has 1 amide bonds. The Bertz CT molecular complexity index is 645. The first-order valence-corrected chi connectivity index (χ1v) is 9.57. The molecule has 1 heterocycles. The number of halogens is 1. The van der Waals surface area contributed by atoms with E-state index < -0.39 is 0 Å². The number of thioether (sulfide) groups is 1. The average molecular weight is 409 g/mol. The number of hydrogen-bond acceptors (Lipinski definition) is 4. The Balaban J connectivity index is 1.68. The van der Waals surface area contributed by atoms with Crippen LogP contribution in [0.15, 0.2) is 52.0 Å². The fourth-order valence-electron chi connectivity index (χ4n) is 1.91. The van der Waals surface area contributed by atoms with Crippen molar-refractivity contribution < 1.29 is 9.53 Å². The van der Waals surface area contributed by atoms with Gasteiger partial charge < -0.3 is 10.1 Å². The van der Waals surface area contributed by atoms with E-state index in [9.17, 15) is 4.79 Å². The minimum absolute atomic E-state index is 0.0436. The number of nitrogens with one attached hydrogen (secondary N) is 1. The predicted octanol–water partition coefficient (Wildman–Crippen LogP) is 4.43. The first-order valence-electron chi connectivity index (χ1n) is 7.79. The van der Waals surface area contributed by atoms with Gasteiger partial charge in [0, 0.05) is 40.3 Å². The van der Waals surface area contributed by atoms with E-state index in [4.69, 9.17) is 4.74 Å². The number of carbonyl (C=O) groups is 1. The number of rotatable bonds is 8. The summed E-state index contributed by atoms with van der Waals surface area (Å²) in [6.45, 7) is 4.40. The molecule has 24 heavy (non-hydrogen) atoms. The highest BCUT2D eigenvalue weighted by atomic mass is 79.9. The lowest BCUT2D eigenvalue weighted by Gasteiger charge is -2.09. The largest absolute Gasteiger partial charge is 0.475 e.